The molecule has 0 saturated heterocycles. The summed E-state index contributed by atoms with van der Waals surface area (Å²) < 4.78 is 1.66. The number of aryl methyl sites for hydroxylation is 1. The van der Waals surface area contributed by atoms with Gasteiger partial charge in [-0.3, -0.25) is 9.48 Å². The maximum Gasteiger partial charge on any atom is 0.226 e. The number of nitrogens with zero attached hydrogens (tertiary/aromatic N) is 3. The van der Waals surface area contributed by atoms with Crippen molar-refractivity contribution in [3.8, 4) is 0 Å². The Kier molecular flexibility index (Phi) is 5.45. The minimum absolute atomic E-state index is 0.0453. The Morgan fingerprint density at radius 1 is 1.38 bits per heavy atom. The number of carbonyl (C=O) groups is 1. The normalized spacial score (nSPS) is 12.1. The molecule has 1 amide bonds. The van der Waals surface area contributed by atoms with Crippen LogP contribution in [-0.2, 0) is 11.3 Å². The smallest absolute Gasteiger partial charge is 0.226 e. The lowest BCUT2D eigenvalue weighted by atomic mass is 10.1. The molecule has 6 nitrogen and oxygen atoms in total. The molecule has 0 fully saturated rings. The van der Waals surface area contributed by atoms with Crippen LogP contribution in [0.2, 0.25) is 0 Å². The van der Waals surface area contributed by atoms with E-state index in [9.17, 15) is 4.79 Å². The van der Waals surface area contributed by atoms with Crippen molar-refractivity contribution in [2.24, 2.45) is 5.73 Å². The van der Waals surface area contributed by atoms with Crippen LogP contribution in [0.3, 0.4) is 0 Å². The summed E-state index contributed by atoms with van der Waals surface area (Å²) in [6, 6.07) is 9.31. The zero-order chi connectivity index (χ0) is 15.1. The van der Waals surface area contributed by atoms with Crippen molar-refractivity contribution in [2.45, 2.75) is 38.8 Å². The number of hydrogen-bond donors (Lipinski definition) is 2. The largest absolute Gasteiger partial charge is 0.326 e. The number of anilines is 1. The molecule has 1 aromatic heterocycles. The molecular formula is C15H21N5O. The zero-order valence-electron chi connectivity index (χ0n) is 12.2. The van der Waals surface area contributed by atoms with Gasteiger partial charge in [0.15, 0.2) is 0 Å². The molecule has 21 heavy (non-hydrogen) atoms. The van der Waals surface area contributed by atoms with Gasteiger partial charge in [0, 0.05) is 12.1 Å². The van der Waals surface area contributed by atoms with Crippen LogP contribution >= 0.6 is 0 Å². The van der Waals surface area contributed by atoms with E-state index >= 15 is 0 Å². The Bertz CT molecular complexity index is 566. The van der Waals surface area contributed by atoms with Gasteiger partial charge in [-0.15, -0.1) is 5.10 Å². The topological polar surface area (TPSA) is 85.8 Å². The molecule has 1 unspecified atom stereocenters. The van der Waals surface area contributed by atoms with Gasteiger partial charge in [0.1, 0.15) is 0 Å². The van der Waals surface area contributed by atoms with E-state index in [4.69, 9.17) is 5.73 Å². The van der Waals surface area contributed by atoms with Gasteiger partial charge in [-0.25, -0.2) is 0 Å². The molecule has 0 aliphatic heterocycles. The van der Waals surface area contributed by atoms with Gasteiger partial charge >= 0.3 is 0 Å². The summed E-state index contributed by atoms with van der Waals surface area (Å²) in [4.78, 5) is 11.8. The molecule has 2 rings (SSSR count). The summed E-state index contributed by atoms with van der Waals surface area (Å²) in [5, 5.41) is 10.9. The third-order valence-corrected chi connectivity index (χ3v) is 3.16. The molecule has 1 heterocycles. The van der Waals surface area contributed by atoms with Gasteiger partial charge in [-0.1, -0.05) is 36.8 Å². The summed E-state index contributed by atoms with van der Waals surface area (Å²) in [5.41, 5.74) is 7.56. The number of para-hydroxylation sites is 1. The summed E-state index contributed by atoms with van der Waals surface area (Å²) >= 11 is 0. The molecule has 3 N–H and O–H groups in total. The average Bonchev–Trinajstić information content (AvgIpc) is 2.95. The molecule has 0 saturated carbocycles. The van der Waals surface area contributed by atoms with E-state index in [1.54, 1.807) is 4.68 Å². The highest BCUT2D eigenvalue weighted by Gasteiger charge is 2.10. The van der Waals surface area contributed by atoms with E-state index in [2.05, 4.69) is 22.6 Å². The number of benzene rings is 1. The van der Waals surface area contributed by atoms with Crippen molar-refractivity contribution in [1.82, 2.24) is 15.0 Å². The number of nitrogens with one attached hydrogen (secondary N) is 1. The highest BCUT2D eigenvalue weighted by atomic mass is 16.1. The third-order valence-electron chi connectivity index (χ3n) is 3.16. The first-order chi connectivity index (χ1) is 10.2. The first-order valence-corrected chi connectivity index (χ1v) is 7.19. The van der Waals surface area contributed by atoms with Crippen molar-refractivity contribution in [3.63, 3.8) is 0 Å². The van der Waals surface area contributed by atoms with Crippen molar-refractivity contribution in [3.05, 3.63) is 42.2 Å². The predicted molar refractivity (Wildman–Crippen MR) is 81.5 cm³/mol. The Balaban J connectivity index is 1.81. The van der Waals surface area contributed by atoms with Gasteiger partial charge in [0.05, 0.1) is 24.5 Å². The minimum atomic E-state index is -0.0816. The summed E-state index contributed by atoms with van der Waals surface area (Å²) in [5.74, 6) is -0.0453. The standard InChI is InChI=1S/C15H21N5O/c1-2-6-13(16)14-11-20(19-18-14)10-9-15(21)17-12-7-4-3-5-8-12/h3-5,7-8,11,13H,2,6,9-10,16H2,1H3,(H,17,21). The Labute approximate surface area is 124 Å². The Morgan fingerprint density at radius 2 is 2.14 bits per heavy atom. The van der Waals surface area contributed by atoms with E-state index in [1.165, 1.54) is 0 Å². The highest BCUT2D eigenvalue weighted by molar-refractivity contribution is 5.90. The van der Waals surface area contributed by atoms with Crippen molar-refractivity contribution in [2.75, 3.05) is 5.32 Å². The molecular weight excluding hydrogens is 266 g/mol. The summed E-state index contributed by atoms with van der Waals surface area (Å²) in [7, 11) is 0. The van der Waals surface area contributed by atoms with Gasteiger partial charge in [-0.2, -0.15) is 0 Å². The molecule has 0 aliphatic rings. The SMILES string of the molecule is CCCC(N)c1cn(CCC(=O)Nc2ccccc2)nn1. The van der Waals surface area contributed by atoms with Gasteiger partial charge in [-0.05, 0) is 18.6 Å². The number of aromatic nitrogens is 3. The maximum atomic E-state index is 11.8. The minimum Gasteiger partial charge on any atom is -0.326 e. The van der Waals surface area contributed by atoms with Crippen molar-refractivity contribution in [1.29, 1.82) is 0 Å². The van der Waals surface area contributed by atoms with Crippen LogP contribution in [0.5, 0.6) is 0 Å². The molecule has 6 heteroatoms. The van der Waals surface area contributed by atoms with Crippen LogP contribution in [0, 0.1) is 0 Å². The number of carbonyl (C=O) groups excluding carboxylic acids is 1. The van der Waals surface area contributed by atoms with Crippen LogP contribution in [0.1, 0.15) is 37.9 Å². The lowest BCUT2D eigenvalue weighted by molar-refractivity contribution is -0.116. The van der Waals surface area contributed by atoms with Gasteiger partial charge < -0.3 is 11.1 Å². The quantitative estimate of drug-likeness (QED) is 0.816. The molecule has 1 atom stereocenters. The summed E-state index contributed by atoms with van der Waals surface area (Å²) in [6.45, 7) is 2.57. The molecule has 0 spiro atoms. The van der Waals surface area contributed by atoms with Gasteiger partial charge in [0.25, 0.3) is 0 Å². The van der Waals surface area contributed by atoms with Crippen LogP contribution < -0.4 is 11.1 Å². The molecule has 112 valence electrons. The molecule has 0 bridgehead atoms. The molecule has 1 aromatic carbocycles. The molecule has 0 aliphatic carbocycles. The van der Waals surface area contributed by atoms with Crippen LogP contribution in [0.4, 0.5) is 5.69 Å². The van der Waals surface area contributed by atoms with E-state index < -0.39 is 0 Å². The Hall–Kier alpha value is -2.21. The number of hydrogen-bond acceptors (Lipinski definition) is 4. The Morgan fingerprint density at radius 3 is 2.86 bits per heavy atom. The monoisotopic (exact) mass is 287 g/mol. The second kappa shape index (κ2) is 7.54. The average molecular weight is 287 g/mol. The maximum absolute atomic E-state index is 11.8. The second-order valence-corrected chi connectivity index (χ2v) is 4.97. The second-order valence-electron chi connectivity index (χ2n) is 4.97. The fourth-order valence-electron chi connectivity index (χ4n) is 2.01. The van der Waals surface area contributed by atoms with E-state index in [-0.39, 0.29) is 11.9 Å². The molecule has 0 radical (unpaired) electrons. The fourth-order valence-corrected chi connectivity index (χ4v) is 2.01. The zero-order valence-corrected chi connectivity index (χ0v) is 12.2. The molecule has 2 aromatic rings. The highest BCUT2D eigenvalue weighted by Crippen LogP contribution is 2.12. The number of rotatable bonds is 7. The number of nitrogens with two attached hydrogens (primary N) is 1. The summed E-state index contributed by atoms with van der Waals surface area (Å²) in [6.07, 6.45) is 4.05. The van der Waals surface area contributed by atoms with Gasteiger partial charge in [0.2, 0.25) is 5.91 Å². The lowest BCUT2D eigenvalue weighted by Crippen LogP contribution is -2.14. The number of amides is 1. The van der Waals surface area contributed by atoms with Crippen LogP contribution in [0.25, 0.3) is 0 Å². The van der Waals surface area contributed by atoms with E-state index in [0.717, 1.165) is 24.2 Å². The van der Waals surface area contributed by atoms with Crippen LogP contribution in [0.15, 0.2) is 36.5 Å². The third kappa shape index (κ3) is 4.68. The predicted octanol–water partition coefficient (Wildman–Crippen LogP) is 2.11. The van der Waals surface area contributed by atoms with Crippen LogP contribution in [-0.4, -0.2) is 20.9 Å². The van der Waals surface area contributed by atoms with Crippen molar-refractivity contribution >= 4 is 11.6 Å². The fraction of sp³-hybridized carbons (Fsp3) is 0.400. The van der Waals surface area contributed by atoms with E-state index in [0.29, 0.717) is 13.0 Å². The van der Waals surface area contributed by atoms with Crippen molar-refractivity contribution < 1.29 is 4.79 Å². The first kappa shape index (κ1) is 15.2. The first-order valence-electron chi connectivity index (χ1n) is 7.19. The van der Waals surface area contributed by atoms with E-state index in [1.807, 2.05) is 36.5 Å². The lowest BCUT2D eigenvalue weighted by Gasteiger charge is -2.05.